The van der Waals surface area contributed by atoms with Crippen molar-refractivity contribution < 1.29 is 9.84 Å². The van der Waals surface area contributed by atoms with Crippen LogP contribution in [0, 0.1) is 6.92 Å². The summed E-state index contributed by atoms with van der Waals surface area (Å²) in [5.74, 6) is 1.18. The third kappa shape index (κ3) is 2.46. The molecule has 0 amide bonds. The van der Waals surface area contributed by atoms with E-state index in [9.17, 15) is 0 Å². The first kappa shape index (κ1) is 12.6. The first-order valence-corrected chi connectivity index (χ1v) is 6.37. The molecule has 0 spiro atoms. The Labute approximate surface area is 116 Å². The summed E-state index contributed by atoms with van der Waals surface area (Å²) in [6, 6.07) is 14.9. The number of benzene rings is 2. The maximum absolute atomic E-state index is 9.02. The molecule has 0 saturated heterocycles. The van der Waals surface area contributed by atoms with E-state index in [1.54, 1.807) is 0 Å². The maximum atomic E-state index is 9.02. The van der Waals surface area contributed by atoms with Gasteiger partial charge in [-0.25, -0.2) is 9.97 Å². The monoisotopic (exact) mass is 266 g/mol. The number of nitrogens with zero attached hydrogens (tertiary/aromatic N) is 2. The molecule has 100 valence electrons. The van der Waals surface area contributed by atoms with Gasteiger partial charge in [0.1, 0.15) is 11.4 Å². The number of fused-ring (bicyclic) bond motifs is 1. The van der Waals surface area contributed by atoms with Gasteiger partial charge in [-0.1, -0.05) is 24.3 Å². The zero-order chi connectivity index (χ0) is 13.9. The van der Waals surface area contributed by atoms with Crippen molar-refractivity contribution in [3.8, 4) is 11.6 Å². The normalized spacial score (nSPS) is 10.7. The second-order valence-corrected chi connectivity index (χ2v) is 4.51. The third-order valence-electron chi connectivity index (χ3n) is 3.02. The number of rotatable bonds is 3. The van der Waals surface area contributed by atoms with E-state index in [1.165, 1.54) is 0 Å². The van der Waals surface area contributed by atoms with E-state index in [2.05, 4.69) is 9.97 Å². The van der Waals surface area contributed by atoms with Crippen LogP contribution in [0.4, 0.5) is 0 Å². The molecule has 20 heavy (non-hydrogen) atoms. The Morgan fingerprint density at radius 3 is 2.25 bits per heavy atom. The number of para-hydroxylation sites is 2. The SMILES string of the molecule is Cc1nc2ccccc2nc1Oc1ccc(CO)cc1. The number of aromatic nitrogens is 2. The Balaban J connectivity index is 1.94. The van der Waals surface area contributed by atoms with Crippen molar-refractivity contribution in [3.05, 3.63) is 59.8 Å². The predicted octanol–water partition coefficient (Wildman–Crippen LogP) is 3.22. The van der Waals surface area contributed by atoms with Crippen LogP contribution in [0.3, 0.4) is 0 Å². The minimum atomic E-state index is 0.0229. The van der Waals surface area contributed by atoms with Crippen molar-refractivity contribution in [2.24, 2.45) is 0 Å². The van der Waals surface area contributed by atoms with Crippen LogP contribution in [0.15, 0.2) is 48.5 Å². The number of aliphatic hydroxyl groups is 1. The number of aryl methyl sites for hydroxylation is 1. The molecule has 0 saturated carbocycles. The molecular formula is C16H14N2O2. The van der Waals surface area contributed by atoms with Gasteiger partial charge in [-0.05, 0) is 36.8 Å². The molecule has 1 N–H and O–H groups in total. The molecule has 0 bridgehead atoms. The molecule has 0 aliphatic carbocycles. The van der Waals surface area contributed by atoms with E-state index in [0.717, 1.165) is 22.3 Å². The zero-order valence-electron chi connectivity index (χ0n) is 11.1. The van der Waals surface area contributed by atoms with E-state index in [-0.39, 0.29) is 6.61 Å². The lowest BCUT2D eigenvalue weighted by atomic mass is 10.2. The van der Waals surface area contributed by atoms with Crippen LogP contribution in [0.5, 0.6) is 11.6 Å². The van der Waals surface area contributed by atoms with Gasteiger partial charge in [-0.2, -0.15) is 0 Å². The zero-order valence-corrected chi connectivity index (χ0v) is 11.1. The van der Waals surface area contributed by atoms with Crippen molar-refractivity contribution in [1.29, 1.82) is 0 Å². The molecule has 3 aromatic rings. The molecule has 1 heterocycles. The van der Waals surface area contributed by atoms with Crippen LogP contribution in [0.1, 0.15) is 11.3 Å². The van der Waals surface area contributed by atoms with Crippen molar-refractivity contribution in [3.63, 3.8) is 0 Å². The molecule has 0 fully saturated rings. The lowest BCUT2D eigenvalue weighted by Crippen LogP contribution is -1.95. The fourth-order valence-electron chi connectivity index (χ4n) is 1.94. The smallest absolute Gasteiger partial charge is 0.241 e. The highest BCUT2D eigenvalue weighted by molar-refractivity contribution is 5.74. The molecular weight excluding hydrogens is 252 g/mol. The maximum Gasteiger partial charge on any atom is 0.241 e. The van der Waals surface area contributed by atoms with Gasteiger partial charge in [0.25, 0.3) is 0 Å². The van der Waals surface area contributed by atoms with Crippen molar-refractivity contribution in [2.75, 3.05) is 0 Å². The van der Waals surface area contributed by atoms with Crippen LogP contribution in [-0.4, -0.2) is 15.1 Å². The Bertz CT molecular complexity index is 739. The Morgan fingerprint density at radius 2 is 1.60 bits per heavy atom. The van der Waals surface area contributed by atoms with E-state index in [0.29, 0.717) is 11.6 Å². The summed E-state index contributed by atoms with van der Waals surface area (Å²) in [7, 11) is 0. The van der Waals surface area contributed by atoms with E-state index < -0.39 is 0 Å². The predicted molar refractivity (Wildman–Crippen MR) is 76.7 cm³/mol. The second kappa shape index (κ2) is 5.27. The van der Waals surface area contributed by atoms with E-state index in [4.69, 9.17) is 9.84 Å². The summed E-state index contributed by atoms with van der Waals surface area (Å²) < 4.78 is 5.76. The summed E-state index contributed by atoms with van der Waals surface area (Å²) in [5.41, 5.74) is 3.25. The quantitative estimate of drug-likeness (QED) is 0.790. The van der Waals surface area contributed by atoms with Gasteiger partial charge in [-0.15, -0.1) is 0 Å². The van der Waals surface area contributed by atoms with E-state index >= 15 is 0 Å². The third-order valence-corrected chi connectivity index (χ3v) is 3.02. The van der Waals surface area contributed by atoms with Crippen LogP contribution >= 0.6 is 0 Å². The number of ether oxygens (including phenoxy) is 1. The highest BCUT2D eigenvalue weighted by Crippen LogP contribution is 2.24. The highest BCUT2D eigenvalue weighted by Gasteiger charge is 2.07. The van der Waals surface area contributed by atoms with Crippen LogP contribution in [0.25, 0.3) is 11.0 Å². The second-order valence-electron chi connectivity index (χ2n) is 4.51. The van der Waals surface area contributed by atoms with Crippen LogP contribution < -0.4 is 4.74 Å². The summed E-state index contributed by atoms with van der Waals surface area (Å²) in [6.45, 7) is 1.89. The average Bonchev–Trinajstić information content (AvgIpc) is 2.49. The standard InChI is InChI=1S/C16H14N2O2/c1-11-16(18-15-5-3-2-4-14(15)17-11)20-13-8-6-12(10-19)7-9-13/h2-9,19H,10H2,1H3. The Morgan fingerprint density at radius 1 is 0.950 bits per heavy atom. The van der Waals surface area contributed by atoms with Gasteiger partial charge in [0.05, 0.1) is 17.6 Å². The minimum Gasteiger partial charge on any atom is -0.437 e. The molecule has 4 heteroatoms. The fraction of sp³-hybridized carbons (Fsp3) is 0.125. The molecule has 0 atom stereocenters. The van der Waals surface area contributed by atoms with Crippen LogP contribution in [0.2, 0.25) is 0 Å². The number of hydrogen-bond donors (Lipinski definition) is 1. The van der Waals surface area contributed by atoms with Gasteiger partial charge in [0.15, 0.2) is 0 Å². The van der Waals surface area contributed by atoms with Crippen molar-refractivity contribution in [2.45, 2.75) is 13.5 Å². The molecule has 0 aliphatic heterocycles. The summed E-state index contributed by atoms with van der Waals surface area (Å²) >= 11 is 0. The number of aliphatic hydroxyl groups excluding tert-OH is 1. The molecule has 4 nitrogen and oxygen atoms in total. The fourth-order valence-corrected chi connectivity index (χ4v) is 1.94. The largest absolute Gasteiger partial charge is 0.437 e. The van der Waals surface area contributed by atoms with Crippen molar-refractivity contribution >= 4 is 11.0 Å². The molecule has 0 unspecified atom stereocenters. The first-order valence-electron chi connectivity index (χ1n) is 6.37. The molecule has 2 aromatic carbocycles. The summed E-state index contributed by atoms with van der Waals surface area (Å²) in [5, 5.41) is 9.02. The summed E-state index contributed by atoms with van der Waals surface area (Å²) in [6.07, 6.45) is 0. The minimum absolute atomic E-state index is 0.0229. The average molecular weight is 266 g/mol. The topological polar surface area (TPSA) is 55.2 Å². The van der Waals surface area contributed by atoms with Crippen LogP contribution in [-0.2, 0) is 6.61 Å². The van der Waals surface area contributed by atoms with Gasteiger partial charge >= 0.3 is 0 Å². The Kier molecular flexibility index (Phi) is 3.31. The van der Waals surface area contributed by atoms with Crippen molar-refractivity contribution in [1.82, 2.24) is 9.97 Å². The van der Waals surface area contributed by atoms with Gasteiger partial charge in [0, 0.05) is 0 Å². The lowest BCUT2D eigenvalue weighted by molar-refractivity contribution is 0.281. The summed E-state index contributed by atoms with van der Waals surface area (Å²) in [4.78, 5) is 8.96. The molecule has 3 rings (SSSR count). The number of hydrogen-bond acceptors (Lipinski definition) is 4. The molecule has 1 aromatic heterocycles. The molecule has 0 aliphatic rings. The van der Waals surface area contributed by atoms with Gasteiger partial charge < -0.3 is 9.84 Å². The Hall–Kier alpha value is -2.46. The lowest BCUT2D eigenvalue weighted by Gasteiger charge is -2.08. The van der Waals surface area contributed by atoms with Gasteiger partial charge in [-0.3, -0.25) is 0 Å². The first-order chi connectivity index (χ1) is 9.76. The van der Waals surface area contributed by atoms with E-state index in [1.807, 2.05) is 55.5 Å². The molecule has 0 radical (unpaired) electrons. The van der Waals surface area contributed by atoms with Gasteiger partial charge in [0.2, 0.25) is 5.88 Å². The highest BCUT2D eigenvalue weighted by atomic mass is 16.5.